The SMILES string of the molecule is CCOC(=O)N[C@@H](c1ccco1)[C@@H](O)C(=O)O[C@H]1C[C@@]2(O)[C@@H](OC(=O)c3ccccc3)[C@@H]3[C@]4(O)CO[C@@H]4C[C@H](O)[C@@]3(C)C(=O)[C@H](O)C(=C1C)C2(C)C.[Ac].[Ac]. The van der Waals surface area contributed by atoms with E-state index in [-0.39, 0.29) is 130 Å². The molecule has 17 heteroatoms. The summed E-state index contributed by atoms with van der Waals surface area (Å²) in [6, 6.07) is 9.27. The van der Waals surface area contributed by atoms with Crippen LogP contribution in [0.5, 0.6) is 0 Å². The number of hydrogen-bond acceptors (Lipinski definition) is 14. The second-order valence-corrected chi connectivity index (χ2v) is 14.8. The molecule has 15 nitrogen and oxygen atoms in total. The molecule has 1 amide bonds. The Hall–Kier alpha value is -1.24. The van der Waals surface area contributed by atoms with Gasteiger partial charge in [-0.3, -0.25) is 4.79 Å². The minimum atomic E-state index is -2.31. The summed E-state index contributed by atoms with van der Waals surface area (Å²) in [5.74, 6) is -4.62. The van der Waals surface area contributed by atoms with Crippen molar-refractivity contribution in [2.45, 2.75) is 101 Å². The first kappa shape index (κ1) is 45.5. The first-order valence-corrected chi connectivity index (χ1v) is 17.2. The van der Waals surface area contributed by atoms with Crippen LogP contribution in [0, 0.1) is 105 Å². The van der Waals surface area contributed by atoms with Crippen molar-refractivity contribution in [3.05, 3.63) is 71.2 Å². The molecule has 54 heavy (non-hydrogen) atoms. The van der Waals surface area contributed by atoms with Gasteiger partial charge in [0, 0.05) is 112 Å². The van der Waals surface area contributed by atoms with E-state index in [1.165, 1.54) is 58.2 Å². The molecular weight excluding hydrogens is 1140 g/mol. The Balaban J connectivity index is 0.00000325. The standard InChI is InChI=1S/C37H45NO14.2Ac/c1-6-48-33(45)38-25(20-13-10-14-49-20)27(41)32(44)51-21-16-37(47)30(52-31(43)19-11-8-7-9-12-19)28-35(5,22(39)15-23-36(28,46)17-50-23)29(42)26(40)24(18(21)2)34(37,3)4;;/h7-14,21-23,25-28,30,39-41,46-47H,6,15-17H2,1-5H3,(H,38,45);;/t21-,22-,23+,25-,26+,27+,28-,30-,35+,36-,37+;;/m0../s1. The van der Waals surface area contributed by atoms with E-state index in [1.807, 2.05) is 0 Å². The first-order chi connectivity index (χ1) is 24.4. The average molecular weight is 1180 g/mol. The summed E-state index contributed by atoms with van der Waals surface area (Å²) >= 11 is 0. The summed E-state index contributed by atoms with van der Waals surface area (Å²) in [6.45, 7) is 7.18. The first-order valence-electron chi connectivity index (χ1n) is 17.2. The van der Waals surface area contributed by atoms with Crippen molar-refractivity contribution < 1.29 is 156 Å². The number of benzene rings is 1. The number of esters is 2. The number of hydrogen-bond donors (Lipinski definition) is 6. The van der Waals surface area contributed by atoms with Crippen molar-refractivity contribution in [1.82, 2.24) is 5.32 Å². The monoisotopic (exact) mass is 1180 g/mol. The summed E-state index contributed by atoms with van der Waals surface area (Å²) in [7, 11) is 0. The van der Waals surface area contributed by atoms with Crippen molar-refractivity contribution in [2.75, 3.05) is 13.2 Å². The molecular formula is C37H45Ac2NO14. The number of nitrogens with one attached hydrogen (secondary N) is 1. The summed E-state index contributed by atoms with van der Waals surface area (Å²) in [4.78, 5) is 54.5. The number of carbonyl (C=O) groups excluding carboxylic acids is 4. The molecule has 2 aromatic rings. The number of amides is 1. The minimum absolute atomic E-state index is 0. The Labute approximate surface area is 383 Å². The van der Waals surface area contributed by atoms with Crippen LogP contribution in [0.2, 0.25) is 0 Å². The Morgan fingerprint density at radius 1 is 1.02 bits per heavy atom. The Bertz CT molecular complexity index is 1750. The number of alkyl carbamates (subject to hydrolysis) is 1. The molecule has 6 rings (SSSR count). The van der Waals surface area contributed by atoms with Crippen molar-refractivity contribution in [3.63, 3.8) is 0 Å². The fourth-order valence-corrected chi connectivity index (χ4v) is 8.80. The number of ether oxygens (including phenoxy) is 4. The molecule has 2 saturated carbocycles. The van der Waals surface area contributed by atoms with E-state index in [0.29, 0.717) is 0 Å². The molecule has 4 aliphatic rings. The predicted octanol–water partition coefficient (Wildman–Crippen LogP) is 1.50. The van der Waals surface area contributed by atoms with Gasteiger partial charge in [0.25, 0.3) is 0 Å². The zero-order valence-corrected chi connectivity index (χ0v) is 40.1. The second-order valence-electron chi connectivity index (χ2n) is 14.8. The maximum Gasteiger partial charge on any atom is 0.407 e. The average Bonchev–Trinajstić information content (AvgIpc) is 3.64. The van der Waals surface area contributed by atoms with E-state index >= 15 is 0 Å². The van der Waals surface area contributed by atoms with Crippen LogP contribution in [-0.2, 0) is 28.5 Å². The van der Waals surface area contributed by atoms with Gasteiger partial charge in [0.2, 0.25) is 0 Å². The molecule has 6 N–H and O–H groups in total. The number of aliphatic hydroxyl groups excluding tert-OH is 3. The summed E-state index contributed by atoms with van der Waals surface area (Å²) in [5, 5.41) is 62.5. The van der Waals surface area contributed by atoms with Crippen LogP contribution in [0.1, 0.15) is 69.6 Å². The zero-order chi connectivity index (χ0) is 38.0. The molecule has 1 saturated heterocycles. The number of Topliss-reactive ketones (excluding diaryl/α,β-unsaturated/α-hetero) is 1. The normalized spacial score (nSPS) is 34.7. The molecule has 2 bridgehead atoms. The van der Waals surface area contributed by atoms with Gasteiger partial charge >= 0.3 is 18.0 Å². The Morgan fingerprint density at radius 3 is 2.26 bits per heavy atom. The van der Waals surface area contributed by atoms with Crippen LogP contribution in [0.15, 0.2) is 64.3 Å². The molecule has 1 aromatic heterocycles. The molecule has 288 valence electrons. The maximum absolute atomic E-state index is 14.6. The van der Waals surface area contributed by atoms with Crippen LogP contribution in [0.25, 0.3) is 0 Å². The van der Waals surface area contributed by atoms with Gasteiger partial charge in [-0.05, 0) is 56.2 Å². The summed E-state index contributed by atoms with van der Waals surface area (Å²) < 4.78 is 27.9. The van der Waals surface area contributed by atoms with E-state index in [1.54, 1.807) is 25.1 Å². The van der Waals surface area contributed by atoms with Crippen LogP contribution in [-0.4, -0.2) is 110 Å². The Morgan fingerprint density at radius 2 is 1.69 bits per heavy atom. The third-order valence-corrected chi connectivity index (χ3v) is 11.8. The van der Waals surface area contributed by atoms with Crippen LogP contribution in [0.3, 0.4) is 0 Å². The molecule has 3 fully saturated rings. The molecule has 1 aromatic carbocycles. The van der Waals surface area contributed by atoms with Gasteiger partial charge in [-0.2, -0.15) is 0 Å². The smallest absolute Gasteiger partial charge is 0.407 e. The number of aliphatic hydroxyl groups is 5. The third kappa shape index (κ3) is 7.35. The van der Waals surface area contributed by atoms with Crippen molar-refractivity contribution in [2.24, 2.45) is 16.7 Å². The fourth-order valence-electron chi connectivity index (χ4n) is 8.80. The number of rotatable bonds is 8. The van der Waals surface area contributed by atoms with E-state index in [0.717, 1.165) is 0 Å². The predicted molar refractivity (Wildman–Crippen MR) is 177 cm³/mol. The van der Waals surface area contributed by atoms with E-state index in [9.17, 15) is 44.7 Å². The molecule has 0 spiro atoms. The minimum Gasteiger partial charge on any atom is -0.467 e. The van der Waals surface area contributed by atoms with Gasteiger partial charge in [0.15, 0.2) is 11.9 Å². The van der Waals surface area contributed by atoms with Crippen LogP contribution >= 0.6 is 0 Å². The summed E-state index contributed by atoms with van der Waals surface area (Å²) in [5.41, 5.74) is -7.59. The number of fused-ring (bicyclic) bond motifs is 5. The largest absolute Gasteiger partial charge is 0.467 e. The van der Waals surface area contributed by atoms with Gasteiger partial charge in [-0.1, -0.05) is 32.0 Å². The van der Waals surface area contributed by atoms with E-state index < -0.39 is 101 Å². The van der Waals surface area contributed by atoms with Crippen molar-refractivity contribution >= 4 is 23.8 Å². The summed E-state index contributed by atoms with van der Waals surface area (Å²) in [6.07, 6.45) is -10.1. The quantitative estimate of drug-likeness (QED) is 0.125. The number of ketones is 1. The van der Waals surface area contributed by atoms with E-state index in [2.05, 4.69) is 5.32 Å². The topological polar surface area (TPSA) is 232 Å². The maximum atomic E-state index is 14.6. The molecule has 2 radical (unpaired) electrons. The fraction of sp³-hybridized carbons (Fsp3) is 0.568. The van der Waals surface area contributed by atoms with E-state index in [4.69, 9.17) is 23.4 Å². The zero-order valence-electron chi connectivity index (χ0n) is 30.6. The Kier molecular flexibility index (Phi) is 14.3. The van der Waals surface area contributed by atoms with Gasteiger partial charge in [-0.15, -0.1) is 0 Å². The van der Waals surface area contributed by atoms with Gasteiger partial charge < -0.3 is 54.2 Å². The third-order valence-electron chi connectivity index (χ3n) is 11.8. The van der Waals surface area contributed by atoms with Crippen LogP contribution in [0.4, 0.5) is 4.79 Å². The van der Waals surface area contributed by atoms with Gasteiger partial charge in [-0.25, -0.2) is 14.4 Å². The van der Waals surface area contributed by atoms with Gasteiger partial charge in [0.05, 0.1) is 42.7 Å². The van der Waals surface area contributed by atoms with Crippen LogP contribution < -0.4 is 5.32 Å². The molecule has 2 heterocycles. The number of furan rings is 1. The molecule has 3 aliphatic carbocycles. The van der Waals surface area contributed by atoms with Crippen molar-refractivity contribution in [3.8, 4) is 0 Å². The molecule has 11 atom stereocenters. The van der Waals surface area contributed by atoms with Gasteiger partial charge in [0.1, 0.15) is 41.3 Å². The molecule has 0 unspecified atom stereocenters. The van der Waals surface area contributed by atoms with Crippen molar-refractivity contribution in [1.29, 1.82) is 0 Å². The second kappa shape index (κ2) is 16.9. The number of carbonyl (C=O) groups is 4. The molecule has 1 aliphatic heterocycles.